The summed E-state index contributed by atoms with van der Waals surface area (Å²) in [6, 6.07) is 16.3. The molecule has 1 N–H and O–H groups in total. The Kier molecular flexibility index (Phi) is 6.00. The van der Waals surface area contributed by atoms with Crippen molar-refractivity contribution in [1.82, 2.24) is 0 Å². The van der Waals surface area contributed by atoms with E-state index >= 15 is 0 Å². The highest BCUT2D eigenvalue weighted by Gasteiger charge is 2.15. The van der Waals surface area contributed by atoms with Crippen LogP contribution in [0.15, 0.2) is 53.4 Å². The number of aryl methyl sites for hydroxylation is 1. The molecule has 0 aromatic heterocycles. The van der Waals surface area contributed by atoms with Gasteiger partial charge in [-0.25, -0.2) is 0 Å². The smallest absolute Gasteiger partial charge is 0.237 e. The van der Waals surface area contributed by atoms with Gasteiger partial charge >= 0.3 is 0 Å². The van der Waals surface area contributed by atoms with E-state index in [1.807, 2.05) is 19.1 Å². The van der Waals surface area contributed by atoms with Gasteiger partial charge in [0, 0.05) is 29.4 Å². The first-order valence-corrected chi connectivity index (χ1v) is 9.47. The molecular formula is C20H24N2O2S. The zero-order valence-electron chi connectivity index (χ0n) is 14.7. The number of anilines is 2. The maximum atomic E-state index is 12.4. The number of carbonyl (C=O) groups is 1. The molecule has 0 spiro atoms. The van der Waals surface area contributed by atoms with Crippen molar-refractivity contribution in [3.8, 4) is 0 Å². The summed E-state index contributed by atoms with van der Waals surface area (Å²) in [5.41, 5.74) is 3.23. The van der Waals surface area contributed by atoms with Gasteiger partial charge in [0.1, 0.15) is 0 Å². The predicted octanol–water partition coefficient (Wildman–Crippen LogP) is 3.95. The molecule has 4 nitrogen and oxygen atoms in total. The summed E-state index contributed by atoms with van der Waals surface area (Å²) >= 11 is 1.57. The Labute approximate surface area is 153 Å². The fourth-order valence-electron chi connectivity index (χ4n) is 2.70. The molecule has 1 fully saturated rings. The fourth-order valence-corrected chi connectivity index (χ4v) is 3.56. The van der Waals surface area contributed by atoms with Crippen molar-refractivity contribution < 1.29 is 9.53 Å². The number of carbonyl (C=O) groups excluding carboxylic acids is 1. The van der Waals surface area contributed by atoms with Gasteiger partial charge in [0.05, 0.1) is 18.5 Å². The third kappa shape index (κ3) is 5.00. The van der Waals surface area contributed by atoms with E-state index in [0.29, 0.717) is 0 Å². The minimum atomic E-state index is -0.151. The molecule has 1 amide bonds. The van der Waals surface area contributed by atoms with E-state index in [9.17, 15) is 4.79 Å². The molecule has 1 aliphatic rings. The lowest BCUT2D eigenvalue weighted by molar-refractivity contribution is -0.115. The van der Waals surface area contributed by atoms with Gasteiger partial charge < -0.3 is 15.0 Å². The quantitative estimate of drug-likeness (QED) is 0.824. The number of hydrogen-bond acceptors (Lipinski definition) is 4. The van der Waals surface area contributed by atoms with E-state index in [4.69, 9.17) is 4.74 Å². The highest BCUT2D eigenvalue weighted by atomic mass is 32.2. The van der Waals surface area contributed by atoms with Crippen LogP contribution in [-0.4, -0.2) is 37.5 Å². The molecular weight excluding hydrogens is 332 g/mol. The lowest BCUT2D eigenvalue weighted by Gasteiger charge is -2.28. The van der Waals surface area contributed by atoms with Gasteiger partial charge in [-0.1, -0.05) is 17.7 Å². The van der Waals surface area contributed by atoms with Crippen LogP contribution in [0.5, 0.6) is 0 Å². The first-order valence-electron chi connectivity index (χ1n) is 8.59. The number of nitrogens with one attached hydrogen (secondary N) is 1. The zero-order valence-corrected chi connectivity index (χ0v) is 15.5. The number of morpholine rings is 1. The van der Waals surface area contributed by atoms with Gasteiger partial charge in [0.2, 0.25) is 5.91 Å². The van der Waals surface area contributed by atoms with Crippen LogP contribution in [0.2, 0.25) is 0 Å². The summed E-state index contributed by atoms with van der Waals surface area (Å²) in [6.45, 7) is 7.36. The zero-order chi connectivity index (χ0) is 17.6. The number of ether oxygens (including phenoxy) is 1. The van der Waals surface area contributed by atoms with E-state index < -0.39 is 0 Å². The number of thioether (sulfide) groups is 1. The van der Waals surface area contributed by atoms with E-state index in [1.165, 1.54) is 11.3 Å². The molecule has 5 heteroatoms. The second-order valence-corrected chi connectivity index (χ2v) is 7.62. The molecule has 0 saturated carbocycles. The van der Waals surface area contributed by atoms with Crippen molar-refractivity contribution in [1.29, 1.82) is 0 Å². The summed E-state index contributed by atoms with van der Waals surface area (Å²) < 4.78 is 5.38. The van der Waals surface area contributed by atoms with E-state index in [-0.39, 0.29) is 11.2 Å². The Morgan fingerprint density at radius 1 is 1.08 bits per heavy atom. The van der Waals surface area contributed by atoms with Crippen molar-refractivity contribution in [3.63, 3.8) is 0 Å². The van der Waals surface area contributed by atoms with Crippen LogP contribution < -0.4 is 10.2 Å². The predicted molar refractivity (Wildman–Crippen MR) is 105 cm³/mol. The first-order chi connectivity index (χ1) is 12.1. The lowest BCUT2D eigenvalue weighted by Crippen LogP contribution is -2.36. The third-order valence-electron chi connectivity index (χ3n) is 4.21. The first kappa shape index (κ1) is 17.8. The minimum absolute atomic E-state index is 0.0182. The normalized spacial score (nSPS) is 15.7. The van der Waals surface area contributed by atoms with Crippen molar-refractivity contribution in [2.24, 2.45) is 0 Å². The standard InChI is InChI=1S/C20H24N2O2S/c1-15-3-9-19(10-4-15)25-16(2)20(23)21-17-5-7-18(8-6-17)22-11-13-24-14-12-22/h3-10,16H,11-14H2,1-2H3,(H,21,23)/t16-/m1/s1. The van der Waals surface area contributed by atoms with Crippen molar-refractivity contribution in [3.05, 3.63) is 54.1 Å². The monoisotopic (exact) mass is 356 g/mol. The molecule has 1 atom stereocenters. The lowest BCUT2D eigenvalue weighted by atomic mass is 10.2. The summed E-state index contributed by atoms with van der Waals surface area (Å²) in [5.74, 6) is 0.0182. The molecule has 25 heavy (non-hydrogen) atoms. The molecule has 0 aliphatic carbocycles. The van der Waals surface area contributed by atoms with Gasteiger partial charge in [-0.05, 0) is 50.2 Å². The Bertz CT molecular complexity index is 695. The van der Waals surface area contributed by atoms with Crippen molar-refractivity contribution in [2.45, 2.75) is 24.0 Å². The number of benzene rings is 2. The van der Waals surface area contributed by atoms with Crippen LogP contribution >= 0.6 is 11.8 Å². The third-order valence-corrected chi connectivity index (χ3v) is 5.33. The van der Waals surface area contributed by atoms with Gasteiger partial charge in [-0.15, -0.1) is 11.8 Å². The average molecular weight is 356 g/mol. The molecule has 3 rings (SSSR count). The summed E-state index contributed by atoms with van der Waals surface area (Å²) in [7, 11) is 0. The van der Waals surface area contributed by atoms with Crippen LogP contribution in [0.3, 0.4) is 0 Å². The van der Waals surface area contributed by atoms with Gasteiger partial charge in [0.15, 0.2) is 0 Å². The molecule has 0 bridgehead atoms. The summed E-state index contributed by atoms with van der Waals surface area (Å²) in [6.07, 6.45) is 0. The molecule has 132 valence electrons. The van der Waals surface area contributed by atoms with Crippen LogP contribution in [-0.2, 0) is 9.53 Å². The number of amides is 1. The van der Waals surface area contributed by atoms with E-state index in [2.05, 4.69) is 53.5 Å². The van der Waals surface area contributed by atoms with Crippen molar-refractivity contribution >= 4 is 29.0 Å². The topological polar surface area (TPSA) is 41.6 Å². The second-order valence-electron chi connectivity index (χ2n) is 6.21. The Balaban J connectivity index is 1.55. The minimum Gasteiger partial charge on any atom is -0.378 e. The molecule has 2 aromatic rings. The Morgan fingerprint density at radius 2 is 1.72 bits per heavy atom. The van der Waals surface area contributed by atoms with E-state index in [1.54, 1.807) is 11.8 Å². The highest BCUT2D eigenvalue weighted by Crippen LogP contribution is 2.25. The molecule has 0 unspecified atom stereocenters. The molecule has 2 aromatic carbocycles. The van der Waals surface area contributed by atoms with Gasteiger partial charge in [-0.2, -0.15) is 0 Å². The van der Waals surface area contributed by atoms with Gasteiger partial charge in [0.25, 0.3) is 0 Å². The highest BCUT2D eigenvalue weighted by molar-refractivity contribution is 8.00. The molecule has 0 radical (unpaired) electrons. The van der Waals surface area contributed by atoms with Crippen LogP contribution in [0.25, 0.3) is 0 Å². The number of rotatable bonds is 5. The maximum absolute atomic E-state index is 12.4. The van der Waals surface area contributed by atoms with Gasteiger partial charge in [-0.3, -0.25) is 4.79 Å². The fraction of sp³-hybridized carbons (Fsp3) is 0.350. The van der Waals surface area contributed by atoms with Crippen LogP contribution in [0, 0.1) is 6.92 Å². The summed E-state index contributed by atoms with van der Waals surface area (Å²) in [4.78, 5) is 15.8. The number of nitrogens with zero attached hydrogens (tertiary/aromatic N) is 1. The van der Waals surface area contributed by atoms with Crippen molar-refractivity contribution in [2.75, 3.05) is 36.5 Å². The summed E-state index contributed by atoms with van der Waals surface area (Å²) in [5, 5.41) is 2.85. The average Bonchev–Trinajstić information content (AvgIpc) is 2.65. The van der Waals surface area contributed by atoms with Crippen LogP contribution in [0.4, 0.5) is 11.4 Å². The SMILES string of the molecule is Cc1ccc(S[C@H](C)C(=O)Nc2ccc(N3CCOCC3)cc2)cc1. The Morgan fingerprint density at radius 3 is 2.36 bits per heavy atom. The largest absolute Gasteiger partial charge is 0.378 e. The number of hydrogen-bond donors (Lipinski definition) is 1. The molecule has 1 aliphatic heterocycles. The molecule has 1 heterocycles. The maximum Gasteiger partial charge on any atom is 0.237 e. The second kappa shape index (κ2) is 8.41. The van der Waals surface area contributed by atoms with Crippen LogP contribution in [0.1, 0.15) is 12.5 Å². The van der Waals surface area contributed by atoms with E-state index in [0.717, 1.165) is 36.9 Å². The Hall–Kier alpha value is -1.98. The molecule has 1 saturated heterocycles.